The van der Waals surface area contributed by atoms with Crippen LogP contribution in [-0.4, -0.2) is 27.1 Å². The Kier molecular flexibility index (Phi) is 3.83. The van der Waals surface area contributed by atoms with E-state index >= 15 is 0 Å². The average Bonchev–Trinajstić information content (AvgIpc) is 2.76. The number of amides is 1. The Balaban J connectivity index is 2.04. The van der Waals surface area contributed by atoms with Crippen molar-refractivity contribution >= 4 is 22.4 Å². The van der Waals surface area contributed by atoms with Crippen molar-refractivity contribution in [3.8, 4) is 5.88 Å². The van der Waals surface area contributed by atoms with Gasteiger partial charge in [-0.15, -0.1) is 10.2 Å². The molecule has 2 aromatic heterocycles. The van der Waals surface area contributed by atoms with Crippen LogP contribution in [0.15, 0.2) is 18.2 Å². The van der Waals surface area contributed by atoms with E-state index in [0.717, 1.165) is 5.69 Å². The summed E-state index contributed by atoms with van der Waals surface area (Å²) in [6.45, 7) is 4.23. The largest absolute Gasteiger partial charge is 0.477 e. The van der Waals surface area contributed by atoms with Gasteiger partial charge < -0.3 is 10.1 Å². The molecule has 0 atom stereocenters. The Morgan fingerprint density at radius 3 is 2.83 bits per heavy atom. The van der Waals surface area contributed by atoms with Crippen molar-refractivity contribution in [3.05, 3.63) is 29.6 Å². The van der Waals surface area contributed by atoms with Crippen LogP contribution in [0.5, 0.6) is 5.88 Å². The molecule has 0 aliphatic rings. The van der Waals surface area contributed by atoms with E-state index in [-0.39, 0.29) is 11.6 Å². The quantitative estimate of drug-likeness (QED) is 0.912. The third-order valence-electron chi connectivity index (χ3n) is 2.03. The minimum absolute atomic E-state index is 0.240. The number of nitrogens with zero attached hydrogens (tertiary/aromatic N) is 3. The first-order valence-electron chi connectivity index (χ1n) is 5.40. The monoisotopic (exact) mass is 264 g/mol. The highest BCUT2D eigenvalue weighted by Gasteiger charge is 2.10. The van der Waals surface area contributed by atoms with E-state index in [1.54, 1.807) is 18.2 Å². The van der Waals surface area contributed by atoms with E-state index in [1.807, 2.05) is 13.8 Å². The Bertz CT molecular complexity index is 538. The summed E-state index contributed by atoms with van der Waals surface area (Å²) in [5.41, 5.74) is 1.11. The van der Waals surface area contributed by atoms with Crippen molar-refractivity contribution in [2.75, 3.05) is 11.9 Å². The fraction of sp³-hybridized carbons (Fsp3) is 0.273. The average molecular weight is 264 g/mol. The molecule has 0 aliphatic carbocycles. The molecule has 2 heterocycles. The fourth-order valence-corrected chi connectivity index (χ4v) is 1.92. The molecule has 18 heavy (non-hydrogen) atoms. The molecule has 1 N–H and O–H groups in total. The predicted octanol–water partition coefficient (Wildman–Crippen LogP) is 1.89. The summed E-state index contributed by atoms with van der Waals surface area (Å²) in [4.78, 5) is 11.8. The van der Waals surface area contributed by atoms with Gasteiger partial charge in [-0.2, -0.15) is 4.37 Å². The zero-order valence-electron chi connectivity index (χ0n) is 10.0. The summed E-state index contributed by atoms with van der Waals surface area (Å²) in [6, 6.07) is 4.98. The van der Waals surface area contributed by atoms with Crippen molar-refractivity contribution in [2.45, 2.75) is 13.8 Å². The second kappa shape index (κ2) is 5.54. The van der Waals surface area contributed by atoms with Gasteiger partial charge in [0.05, 0.1) is 12.3 Å². The van der Waals surface area contributed by atoms with E-state index in [1.165, 1.54) is 11.5 Å². The molecular weight excluding hydrogens is 252 g/mol. The molecule has 0 aromatic carbocycles. The van der Waals surface area contributed by atoms with Gasteiger partial charge in [0.1, 0.15) is 5.00 Å². The highest BCUT2D eigenvalue weighted by molar-refractivity contribution is 7.10. The van der Waals surface area contributed by atoms with Gasteiger partial charge in [-0.3, -0.25) is 4.79 Å². The fourth-order valence-electron chi connectivity index (χ4n) is 1.26. The van der Waals surface area contributed by atoms with E-state index in [2.05, 4.69) is 19.9 Å². The molecule has 0 saturated carbocycles. The summed E-state index contributed by atoms with van der Waals surface area (Å²) in [5, 5.41) is 11.0. The number of hydrogen-bond donors (Lipinski definition) is 1. The maximum Gasteiger partial charge on any atom is 0.276 e. The van der Waals surface area contributed by atoms with Gasteiger partial charge >= 0.3 is 0 Å². The zero-order valence-corrected chi connectivity index (χ0v) is 10.8. The number of hydrogen-bond acceptors (Lipinski definition) is 6. The van der Waals surface area contributed by atoms with Gasteiger partial charge in [-0.05, 0) is 37.5 Å². The summed E-state index contributed by atoms with van der Waals surface area (Å²) in [6.07, 6.45) is 0. The first kappa shape index (κ1) is 12.4. The van der Waals surface area contributed by atoms with Gasteiger partial charge in [0.2, 0.25) is 5.88 Å². The van der Waals surface area contributed by atoms with Gasteiger partial charge in [-0.25, -0.2) is 0 Å². The molecule has 0 aliphatic heterocycles. The van der Waals surface area contributed by atoms with Crippen molar-refractivity contribution < 1.29 is 9.53 Å². The maximum absolute atomic E-state index is 11.8. The lowest BCUT2D eigenvalue weighted by atomic mass is 10.3. The van der Waals surface area contributed by atoms with Gasteiger partial charge in [0.25, 0.3) is 5.91 Å². The summed E-state index contributed by atoms with van der Waals surface area (Å²) < 4.78 is 9.22. The standard InChI is InChI=1S/C11H12N4O2S/c1-3-17-9-5-4-8(13-14-9)11(16)12-10-6-7(2)15-18-10/h4-6H,3H2,1-2H3,(H,12,16). The Labute approximate surface area is 108 Å². The van der Waals surface area contributed by atoms with Crippen molar-refractivity contribution in [1.29, 1.82) is 0 Å². The van der Waals surface area contributed by atoms with Crippen LogP contribution >= 0.6 is 11.5 Å². The Morgan fingerprint density at radius 1 is 1.44 bits per heavy atom. The van der Waals surface area contributed by atoms with E-state index in [0.29, 0.717) is 17.5 Å². The molecule has 2 aromatic rings. The maximum atomic E-state index is 11.8. The van der Waals surface area contributed by atoms with Crippen LogP contribution < -0.4 is 10.1 Å². The minimum atomic E-state index is -0.311. The van der Waals surface area contributed by atoms with Crippen LogP contribution in [0.25, 0.3) is 0 Å². The lowest BCUT2D eigenvalue weighted by Crippen LogP contribution is -2.13. The first-order valence-corrected chi connectivity index (χ1v) is 6.17. The first-order chi connectivity index (χ1) is 8.69. The molecule has 0 saturated heterocycles. The van der Waals surface area contributed by atoms with E-state index in [4.69, 9.17) is 4.74 Å². The SMILES string of the molecule is CCOc1ccc(C(=O)Nc2cc(C)ns2)nn1. The molecule has 0 radical (unpaired) electrons. The molecule has 2 rings (SSSR count). The van der Waals surface area contributed by atoms with Crippen LogP contribution in [0.4, 0.5) is 5.00 Å². The molecule has 0 spiro atoms. The molecule has 6 nitrogen and oxygen atoms in total. The molecule has 0 fully saturated rings. The van der Waals surface area contributed by atoms with Crippen molar-refractivity contribution in [1.82, 2.24) is 14.6 Å². The minimum Gasteiger partial charge on any atom is -0.477 e. The lowest BCUT2D eigenvalue weighted by molar-refractivity contribution is 0.102. The smallest absolute Gasteiger partial charge is 0.276 e. The van der Waals surface area contributed by atoms with Crippen LogP contribution in [0.3, 0.4) is 0 Å². The third kappa shape index (κ3) is 3.01. The highest BCUT2D eigenvalue weighted by Crippen LogP contribution is 2.16. The number of aromatic nitrogens is 3. The topological polar surface area (TPSA) is 77.0 Å². The summed E-state index contributed by atoms with van der Waals surface area (Å²) in [7, 11) is 0. The van der Waals surface area contributed by atoms with Gasteiger partial charge in [0.15, 0.2) is 5.69 Å². The molecule has 7 heteroatoms. The number of carbonyl (C=O) groups is 1. The number of ether oxygens (including phenoxy) is 1. The molecule has 1 amide bonds. The normalized spacial score (nSPS) is 10.1. The molecule has 0 unspecified atom stereocenters. The third-order valence-corrected chi connectivity index (χ3v) is 2.83. The van der Waals surface area contributed by atoms with Crippen LogP contribution in [0.1, 0.15) is 23.1 Å². The second-order valence-electron chi connectivity index (χ2n) is 3.48. The summed E-state index contributed by atoms with van der Waals surface area (Å²) >= 11 is 1.23. The molecule has 94 valence electrons. The number of nitrogens with one attached hydrogen (secondary N) is 1. The molecular formula is C11H12N4O2S. The highest BCUT2D eigenvalue weighted by atomic mass is 32.1. The number of anilines is 1. The number of aryl methyl sites for hydroxylation is 1. The van der Waals surface area contributed by atoms with Gasteiger partial charge in [-0.1, -0.05) is 0 Å². The van der Waals surface area contributed by atoms with Crippen LogP contribution in [0.2, 0.25) is 0 Å². The Morgan fingerprint density at radius 2 is 2.28 bits per heavy atom. The van der Waals surface area contributed by atoms with Crippen molar-refractivity contribution in [2.24, 2.45) is 0 Å². The van der Waals surface area contributed by atoms with Crippen LogP contribution in [-0.2, 0) is 0 Å². The lowest BCUT2D eigenvalue weighted by Gasteiger charge is -2.02. The predicted molar refractivity (Wildman–Crippen MR) is 68.0 cm³/mol. The van der Waals surface area contributed by atoms with E-state index in [9.17, 15) is 4.79 Å². The van der Waals surface area contributed by atoms with Crippen LogP contribution in [0, 0.1) is 6.92 Å². The number of carbonyl (C=O) groups excluding carboxylic acids is 1. The zero-order chi connectivity index (χ0) is 13.0. The second-order valence-corrected chi connectivity index (χ2v) is 4.28. The van der Waals surface area contributed by atoms with E-state index < -0.39 is 0 Å². The van der Waals surface area contributed by atoms with Gasteiger partial charge in [0, 0.05) is 6.07 Å². The van der Waals surface area contributed by atoms with Crippen molar-refractivity contribution in [3.63, 3.8) is 0 Å². The Hall–Kier alpha value is -2.02. The summed E-state index contributed by atoms with van der Waals surface area (Å²) in [5.74, 6) is 0.0943. The number of rotatable bonds is 4. The molecule has 0 bridgehead atoms.